The minimum Gasteiger partial charge on any atom is -0.497 e. The fraction of sp³-hybridized carbons (Fsp3) is 0.571. The van der Waals surface area contributed by atoms with Gasteiger partial charge >= 0.3 is 0 Å². The standard InChI is InChI=1S/C21H26N2O4/c1-4-12-10-22-17-9-21(19-8-14(12)15(17)11-27-19)16-6-5-13(25-2)7-18(16)23(26-3)20(21)24/h4-7,14-15,17,19,22H,8-11H2,1-3H3/b12-4-/t14-,15+,17+,19-,21+/m1/s1. The van der Waals surface area contributed by atoms with Crippen LogP contribution in [0.5, 0.6) is 5.75 Å². The molecule has 5 atom stereocenters. The first-order chi connectivity index (χ1) is 13.1. The molecule has 1 amide bonds. The van der Waals surface area contributed by atoms with Gasteiger partial charge in [0.25, 0.3) is 5.91 Å². The number of allylic oxidation sites excluding steroid dienone is 1. The molecule has 1 aromatic rings. The van der Waals surface area contributed by atoms with Gasteiger partial charge in [-0.05, 0) is 37.3 Å². The maximum absolute atomic E-state index is 13.7. The number of amides is 1. The molecule has 1 aliphatic carbocycles. The van der Waals surface area contributed by atoms with Crippen molar-refractivity contribution in [3.63, 3.8) is 0 Å². The van der Waals surface area contributed by atoms with E-state index in [0.717, 1.165) is 30.6 Å². The van der Waals surface area contributed by atoms with E-state index in [9.17, 15) is 4.79 Å². The highest BCUT2D eigenvalue weighted by atomic mass is 16.7. The van der Waals surface area contributed by atoms with Crippen molar-refractivity contribution in [2.24, 2.45) is 11.8 Å². The second-order valence-electron chi connectivity index (χ2n) is 8.02. The molecule has 4 fully saturated rings. The van der Waals surface area contributed by atoms with Crippen molar-refractivity contribution >= 4 is 11.6 Å². The summed E-state index contributed by atoms with van der Waals surface area (Å²) < 4.78 is 11.7. The Morgan fingerprint density at radius 2 is 2.22 bits per heavy atom. The van der Waals surface area contributed by atoms with Gasteiger partial charge in [-0.2, -0.15) is 5.06 Å². The zero-order valence-electron chi connectivity index (χ0n) is 16.0. The molecular weight excluding hydrogens is 344 g/mol. The van der Waals surface area contributed by atoms with Crippen molar-refractivity contribution in [1.29, 1.82) is 0 Å². The molecule has 5 aliphatic rings. The highest BCUT2D eigenvalue weighted by molar-refractivity contribution is 6.07. The number of nitrogens with zero attached hydrogens (tertiary/aromatic N) is 1. The Labute approximate surface area is 159 Å². The maximum atomic E-state index is 13.7. The number of benzene rings is 1. The molecule has 1 saturated carbocycles. The molecule has 0 unspecified atom stereocenters. The summed E-state index contributed by atoms with van der Waals surface area (Å²) in [6.45, 7) is 3.72. The molecule has 4 heterocycles. The monoisotopic (exact) mass is 370 g/mol. The lowest BCUT2D eigenvalue weighted by molar-refractivity contribution is -0.137. The molecule has 1 spiro atoms. The fourth-order valence-electron chi connectivity index (χ4n) is 5.81. The first-order valence-electron chi connectivity index (χ1n) is 9.71. The van der Waals surface area contributed by atoms with E-state index in [1.165, 1.54) is 10.6 Å². The first kappa shape index (κ1) is 17.2. The Hall–Kier alpha value is -1.89. The molecule has 6 heteroatoms. The number of carbonyl (C=O) groups is 1. The lowest BCUT2D eigenvalue weighted by Crippen LogP contribution is -2.50. The number of nitrogens with one attached hydrogen (secondary N) is 1. The van der Waals surface area contributed by atoms with E-state index < -0.39 is 5.41 Å². The third kappa shape index (κ3) is 2.15. The van der Waals surface area contributed by atoms with Gasteiger partial charge in [-0.3, -0.25) is 9.63 Å². The van der Waals surface area contributed by atoms with Gasteiger partial charge in [0.1, 0.15) is 11.2 Å². The summed E-state index contributed by atoms with van der Waals surface area (Å²) >= 11 is 0. The number of hydroxylamine groups is 1. The summed E-state index contributed by atoms with van der Waals surface area (Å²) in [5, 5.41) is 5.12. The number of rotatable bonds is 2. The van der Waals surface area contributed by atoms with Crippen molar-refractivity contribution in [1.82, 2.24) is 5.32 Å². The van der Waals surface area contributed by atoms with E-state index in [4.69, 9.17) is 14.3 Å². The lowest BCUT2D eigenvalue weighted by atomic mass is 9.72. The van der Waals surface area contributed by atoms with Gasteiger partial charge in [0.2, 0.25) is 0 Å². The van der Waals surface area contributed by atoms with E-state index in [1.807, 2.05) is 18.2 Å². The van der Waals surface area contributed by atoms with Crippen LogP contribution < -0.4 is 15.1 Å². The SMILES string of the molecule is C/C=C1/CN[C@H]2C[C@@]3(C(=O)N(OC)c4cc(OC)ccc43)[C@H]3C[C@H]1[C@@H]2CO3. The van der Waals surface area contributed by atoms with Crippen LogP contribution in [-0.2, 0) is 19.8 Å². The smallest absolute Gasteiger partial charge is 0.264 e. The molecule has 0 aromatic heterocycles. The topological polar surface area (TPSA) is 60.0 Å². The predicted molar refractivity (Wildman–Crippen MR) is 101 cm³/mol. The second-order valence-corrected chi connectivity index (χ2v) is 8.02. The molecule has 144 valence electrons. The Kier molecular flexibility index (Phi) is 3.86. The Morgan fingerprint density at radius 1 is 1.37 bits per heavy atom. The number of carbonyl (C=O) groups excluding carboxylic acids is 1. The van der Waals surface area contributed by atoms with Crippen LogP contribution in [0.25, 0.3) is 0 Å². The second kappa shape index (κ2) is 6.06. The van der Waals surface area contributed by atoms with Crippen LogP contribution in [0.2, 0.25) is 0 Å². The third-order valence-corrected chi connectivity index (χ3v) is 7.15. The van der Waals surface area contributed by atoms with E-state index in [1.54, 1.807) is 14.2 Å². The normalized spacial score (nSPS) is 38.4. The average Bonchev–Trinajstić information content (AvgIpc) is 2.80. The molecule has 6 rings (SSSR count). The zero-order valence-corrected chi connectivity index (χ0v) is 16.0. The van der Waals surface area contributed by atoms with Gasteiger partial charge in [-0.15, -0.1) is 0 Å². The summed E-state index contributed by atoms with van der Waals surface area (Å²) in [6.07, 6.45) is 3.72. The van der Waals surface area contributed by atoms with E-state index >= 15 is 0 Å². The number of methoxy groups -OCH3 is 1. The Balaban J connectivity index is 1.67. The van der Waals surface area contributed by atoms with Crippen LogP contribution in [0.15, 0.2) is 29.8 Å². The first-order valence-corrected chi connectivity index (χ1v) is 9.71. The Morgan fingerprint density at radius 3 is 2.96 bits per heavy atom. The number of hydrogen-bond acceptors (Lipinski definition) is 5. The summed E-state index contributed by atoms with van der Waals surface area (Å²) in [5.41, 5.74) is 2.52. The minimum absolute atomic E-state index is 0.0183. The largest absolute Gasteiger partial charge is 0.497 e. The third-order valence-electron chi connectivity index (χ3n) is 7.15. The molecule has 1 N–H and O–H groups in total. The van der Waals surface area contributed by atoms with Crippen LogP contribution in [0.3, 0.4) is 0 Å². The molecular formula is C21H26N2O4. The van der Waals surface area contributed by atoms with Crippen LogP contribution in [-0.4, -0.2) is 45.4 Å². The minimum atomic E-state index is -0.706. The summed E-state index contributed by atoms with van der Waals surface area (Å²) in [7, 11) is 3.18. The van der Waals surface area contributed by atoms with Crippen molar-refractivity contribution in [3.8, 4) is 5.75 Å². The summed E-state index contributed by atoms with van der Waals surface area (Å²) in [6, 6.07) is 6.11. The highest BCUT2D eigenvalue weighted by Gasteiger charge is 2.63. The van der Waals surface area contributed by atoms with Crippen molar-refractivity contribution < 1.29 is 19.1 Å². The van der Waals surface area contributed by atoms with Crippen molar-refractivity contribution in [2.75, 3.05) is 32.4 Å². The fourth-order valence-corrected chi connectivity index (χ4v) is 5.81. The molecule has 6 nitrogen and oxygen atoms in total. The quantitative estimate of drug-likeness (QED) is 0.809. The van der Waals surface area contributed by atoms with Crippen LogP contribution >= 0.6 is 0 Å². The highest BCUT2D eigenvalue weighted by Crippen LogP contribution is 2.56. The number of ether oxygens (including phenoxy) is 2. The predicted octanol–water partition coefficient (Wildman–Crippen LogP) is 2.18. The molecule has 0 radical (unpaired) electrons. The molecule has 27 heavy (non-hydrogen) atoms. The number of anilines is 1. The lowest BCUT2D eigenvalue weighted by Gasteiger charge is -2.42. The Bertz CT molecular complexity index is 822. The average molecular weight is 370 g/mol. The van der Waals surface area contributed by atoms with E-state index in [0.29, 0.717) is 24.2 Å². The van der Waals surface area contributed by atoms with Crippen LogP contribution in [0.1, 0.15) is 25.3 Å². The summed E-state index contributed by atoms with van der Waals surface area (Å²) in [5.74, 6) is 1.61. The van der Waals surface area contributed by atoms with Crippen molar-refractivity contribution in [3.05, 3.63) is 35.4 Å². The van der Waals surface area contributed by atoms with Gasteiger partial charge in [-0.1, -0.05) is 17.7 Å². The van der Waals surface area contributed by atoms with E-state index in [2.05, 4.69) is 18.3 Å². The summed E-state index contributed by atoms with van der Waals surface area (Å²) in [4.78, 5) is 19.2. The molecule has 4 bridgehead atoms. The van der Waals surface area contributed by atoms with Gasteiger partial charge in [0.15, 0.2) is 0 Å². The zero-order chi connectivity index (χ0) is 18.8. The molecule has 4 aliphatic heterocycles. The van der Waals surface area contributed by atoms with Crippen LogP contribution in [0.4, 0.5) is 5.69 Å². The van der Waals surface area contributed by atoms with E-state index in [-0.39, 0.29) is 18.1 Å². The van der Waals surface area contributed by atoms with Gasteiger partial charge in [-0.25, -0.2) is 0 Å². The number of piperidine rings is 1. The number of hydrogen-bond donors (Lipinski definition) is 1. The van der Waals surface area contributed by atoms with Gasteiger partial charge in [0.05, 0.1) is 32.6 Å². The van der Waals surface area contributed by atoms with Crippen molar-refractivity contribution in [2.45, 2.75) is 37.3 Å². The van der Waals surface area contributed by atoms with Crippen LogP contribution in [0, 0.1) is 11.8 Å². The van der Waals surface area contributed by atoms with Gasteiger partial charge in [0, 0.05) is 24.6 Å². The molecule has 3 saturated heterocycles. The number of fused-ring (bicyclic) bond motifs is 2. The maximum Gasteiger partial charge on any atom is 0.264 e. The van der Waals surface area contributed by atoms with Gasteiger partial charge < -0.3 is 14.8 Å². The molecule has 1 aromatic carbocycles.